The van der Waals surface area contributed by atoms with Gasteiger partial charge in [-0.1, -0.05) is 48.4 Å². The molecule has 2 aliphatic heterocycles. The number of rotatable bonds is 9. The van der Waals surface area contributed by atoms with E-state index in [1.165, 1.54) is 24.2 Å². The van der Waals surface area contributed by atoms with Crippen LogP contribution >= 0.6 is 34.5 Å². The lowest BCUT2D eigenvalue weighted by molar-refractivity contribution is -0.117. The average Bonchev–Trinajstić information content (AvgIpc) is 3.44. The van der Waals surface area contributed by atoms with E-state index in [0.29, 0.717) is 27.0 Å². The lowest BCUT2D eigenvalue weighted by Crippen LogP contribution is -2.42. The molecule has 0 bridgehead atoms. The number of benzene rings is 1. The van der Waals surface area contributed by atoms with Crippen LogP contribution in [0.15, 0.2) is 30.3 Å². The van der Waals surface area contributed by atoms with Crippen LogP contribution in [0, 0.1) is 0 Å². The van der Waals surface area contributed by atoms with Crippen molar-refractivity contribution in [3.8, 4) is 5.06 Å². The number of nitrogens with zero attached hydrogens (tertiary/aromatic N) is 3. The van der Waals surface area contributed by atoms with Crippen LogP contribution in [0.4, 0.5) is 16.2 Å². The molecule has 2 atom stereocenters. The number of thiophene rings is 1. The van der Waals surface area contributed by atoms with Crippen LogP contribution in [0.1, 0.15) is 46.0 Å². The van der Waals surface area contributed by atoms with E-state index in [1.807, 2.05) is 18.2 Å². The van der Waals surface area contributed by atoms with Crippen molar-refractivity contribution < 1.29 is 14.3 Å². The molecule has 2 fully saturated rings. The summed E-state index contributed by atoms with van der Waals surface area (Å²) in [5.41, 5.74) is 1.78. The van der Waals surface area contributed by atoms with Crippen molar-refractivity contribution in [3.05, 3.63) is 39.7 Å². The Morgan fingerprint density at radius 3 is 2.69 bits per heavy atom. The Kier molecular flexibility index (Phi) is 9.39. The molecule has 0 spiro atoms. The molecule has 0 aliphatic carbocycles. The molecule has 0 saturated carbocycles. The summed E-state index contributed by atoms with van der Waals surface area (Å²) in [4.78, 5) is 31.6. The Labute approximate surface area is 227 Å². The molecular weight excluding hydrogens is 519 g/mol. The summed E-state index contributed by atoms with van der Waals surface area (Å²) in [6.45, 7) is 9.00. The van der Waals surface area contributed by atoms with Crippen molar-refractivity contribution in [3.63, 3.8) is 0 Å². The van der Waals surface area contributed by atoms with Gasteiger partial charge in [-0.05, 0) is 69.1 Å². The first kappa shape index (κ1) is 27.0. The van der Waals surface area contributed by atoms with Crippen LogP contribution in [0.5, 0.6) is 5.06 Å². The van der Waals surface area contributed by atoms with E-state index in [2.05, 4.69) is 29.0 Å². The van der Waals surface area contributed by atoms with Gasteiger partial charge in [0.25, 0.3) is 0 Å². The maximum Gasteiger partial charge on any atom is 0.413 e. The number of piperidine rings is 1. The van der Waals surface area contributed by atoms with Gasteiger partial charge in [0.15, 0.2) is 5.06 Å². The number of carbonyl (C=O) groups excluding carboxylic acids is 2. The van der Waals surface area contributed by atoms with Crippen molar-refractivity contribution >= 4 is 57.9 Å². The molecule has 7 nitrogen and oxygen atoms in total. The van der Waals surface area contributed by atoms with Crippen LogP contribution in [0.2, 0.25) is 9.36 Å². The van der Waals surface area contributed by atoms with Gasteiger partial charge in [-0.15, -0.1) is 0 Å². The molecule has 1 aromatic carbocycles. The van der Waals surface area contributed by atoms with Gasteiger partial charge >= 0.3 is 6.09 Å². The number of anilines is 2. The van der Waals surface area contributed by atoms with E-state index in [0.717, 1.165) is 50.4 Å². The van der Waals surface area contributed by atoms with Crippen LogP contribution in [-0.2, 0) is 4.79 Å². The van der Waals surface area contributed by atoms with Gasteiger partial charge in [-0.3, -0.25) is 4.79 Å². The Balaban J connectivity index is 1.39. The summed E-state index contributed by atoms with van der Waals surface area (Å²) in [6.07, 6.45) is 4.30. The molecule has 3 heterocycles. The minimum Gasteiger partial charge on any atom is -0.399 e. The number of ether oxygens (including phenoxy) is 1. The number of hydrogen-bond donors (Lipinski definition) is 1. The number of halogens is 2. The molecule has 2 unspecified atom stereocenters. The van der Waals surface area contributed by atoms with Crippen molar-refractivity contribution in [2.24, 2.45) is 0 Å². The lowest BCUT2D eigenvalue weighted by Gasteiger charge is -2.39. The zero-order chi connectivity index (χ0) is 25.7. The van der Waals surface area contributed by atoms with Crippen molar-refractivity contribution in [1.29, 1.82) is 0 Å². The molecule has 4 rings (SSSR count). The van der Waals surface area contributed by atoms with Gasteiger partial charge in [0, 0.05) is 37.8 Å². The standard InChI is InChI=1S/C26H34Cl2N4O3S/c1-3-30(4-2)14-12-19-7-5-6-13-31(19)22-9-8-20(16-21(22)27)32-17-18(15-24(32)33)29-26(34)35-25-11-10-23(28)36-25/h8-11,16,18-19H,3-7,12-15,17H2,1-2H3,(H,29,34). The summed E-state index contributed by atoms with van der Waals surface area (Å²) in [6, 6.07) is 9.30. The summed E-state index contributed by atoms with van der Waals surface area (Å²) in [5, 5.41) is 3.84. The Morgan fingerprint density at radius 1 is 1.19 bits per heavy atom. The largest absolute Gasteiger partial charge is 0.413 e. The third-order valence-corrected chi connectivity index (χ3v) is 8.45. The lowest BCUT2D eigenvalue weighted by atomic mass is 9.98. The first-order valence-corrected chi connectivity index (χ1v) is 14.3. The molecule has 1 N–H and O–H groups in total. The van der Waals surface area contributed by atoms with Crippen LogP contribution in [-0.4, -0.2) is 61.7 Å². The second-order valence-electron chi connectivity index (χ2n) is 9.29. The molecule has 10 heteroatoms. The van der Waals surface area contributed by atoms with E-state index >= 15 is 0 Å². The van der Waals surface area contributed by atoms with Crippen LogP contribution in [0.25, 0.3) is 0 Å². The molecule has 2 aromatic rings. The Hall–Kier alpha value is -2.00. The fourth-order valence-electron chi connectivity index (χ4n) is 5.08. The van der Waals surface area contributed by atoms with Gasteiger partial charge in [0.05, 0.1) is 21.1 Å². The average molecular weight is 554 g/mol. The second kappa shape index (κ2) is 12.5. The summed E-state index contributed by atoms with van der Waals surface area (Å²) >= 11 is 13.9. The maximum absolute atomic E-state index is 12.7. The molecule has 0 radical (unpaired) electrons. The Morgan fingerprint density at radius 2 is 2.00 bits per heavy atom. The molecular formula is C26H34Cl2N4O3S. The van der Waals surface area contributed by atoms with Crippen LogP contribution < -0.4 is 19.9 Å². The van der Waals surface area contributed by atoms with Gasteiger partial charge < -0.3 is 24.8 Å². The highest BCUT2D eigenvalue weighted by Gasteiger charge is 2.33. The minimum absolute atomic E-state index is 0.0571. The minimum atomic E-state index is -0.595. The van der Waals surface area contributed by atoms with Crippen molar-refractivity contribution in [1.82, 2.24) is 10.2 Å². The van der Waals surface area contributed by atoms with Crippen LogP contribution in [0.3, 0.4) is 0 Å². The van der Waals surface area contributed by atoms with Gasteiger partial charge in [0.2, 0.25) is 5.91 Å². The first-order chi connectivity index (χ1) is 17.4. The third kappa shape index (κ3) is 6.65. The highest BCUT2D eigenvalue weighted by atomic mass is 35.5. The number of amides is 2. The number of carbonyl (C=O) groups is 2. The SMILES string of the molecule is CCN(CC)CCC1CCCCN1c1ccc(N2CC(NC(=O)Oc3ccc(Cl)s3)CC2=O)cc1Cl. The fraction of sp³-hybridized carbons (Fsp3) is 0.538. The van der Waals surface area contributed by atoms with E-state index in [-0.39, 0.29) is 18.4 Å². The monoisotopic (exact) mass is 552 g/mol. The zero-order valence-corrected chi connectivity index (χ0v) is 23.2. The van der Waals surface area contributed by atoms with Crippen molar-refractivity contribution in [2.45, 2.75) is 58.0 Å². The predicted octanol–water partition coefficient (Wildman–Crippen LogP) is 6.04. The zero-order valence-electron chi connectivity index (χ0n) is 20.8. The van der Waals surface area contributed by atoms with E-state index in [9.17, 15) is 9.59 Å². The molecule has 2 amide bonds. The van der Waals surface area contributed by atoms with E-state index < -0.39 is 6.09 Å². The molecule has 2 aliphatic rings. The molecule has 2 saturated heterocycles. The van der Waals surface area contributed by atoms with Gasteiger partial charge in [-0.25, -0.2) is 4.79 Å². The van der Waals surface area contributed by atoms with E-state index in [1.54, 1.807) is 17.0 Å². The molecule has 1 aromatic heterocycles. The highest BCUT2D eigenvalue weighted by molar-refractivity contribution is 7.17. The summed E-state index contributed by atoms with van der Waals surface area (Å²) in [7, 11) is 0. The normalized spacial score (nSPS) is 20.3. The third-order valence-electron chi connectivity index (χ3n) is 7.04. The van der Waals surface area contributed by atoms with Gasteiger partial charge in [0.1, 0.15) is 0 Å². The van der Waals surface area contributed by atoms with Gasteiger partial charge in [-0.2, -0.15) is 0 Å². The molecule has 36 heavy (non-hydrogen) atoms. The number of hydrogen-bond acceptors (Lipinski definition) is 6. The Bertz CT molecular complexity index is 1060. The topological polar surface area (TPSA) is 65.1 Å². The number of nitrogens with one attached hydrogen (secondary N) is 1. The summed E-state index contributed by atoms with van der Waals surface area (Å²) in [5.74, 6) is -0.0571. The maximum atomic E-state index is 12.7. The highest BCUT2D eigenvalue weighted by Crippen LogP contribution is 2.36. The van der Waals surface area contributed by atoms with Crippen molar-refractivity contribution in [2.75, 3.05) is 42.5 Å². The second-order valence-corrected chi connectivity index (χ2v) is 11.4. The smallest absolute Gasteiger partial charge is 0.399 e. The predicted molar refractivity (Wildman–Crippen MR) is 148 cm³/mol. The molecule has 196 valence electrons. The van der Waals surface area contributed by atoms with E-state index in [4.69, 9.17) is 27.9 Å². The summed E-state index contributed by atoms with van der Waals surface area (Å²) < 4.78 is 5.80. The quantitative estimate of drug-likeness (QED) is 0.410. The fourth-order valence-corrected chi connectivity index (χ4v) is 6.24. The first-order valence-electron chi connectivity index (χ1n) is 12.7.